The number of hydrogen-bond acceptors (Lipinski definition) is 3. The summed E-state index contributed by atoms with van der Waals surface area (Å²) in [6.45, 7) is 7.45. The Balaban J connectivity index is 2.12. The molecule has 1 aliphatic rings. The van der Waals surface area contributed by atoms with Crippen molar-refractivity contribution in [1.29, 1.82) is 0 Å². The van der Waals surface area contributed by atoms with Crippen LogP contribution >= 0.6 is 0 Å². The number of aromatic carboxylic acids is 1. The molecule has 1 heterocycles. The van der Waals surface area contributed by atoms with Crippen LogP contribution in [0.1, 0.15) is 34.6 Å². The molecule has 0 radical (unpaired) electrons. The number of quaternary nitrogens is 1. The lowest BCUT2D eigenvalue weighted by Gasteiger charge is -2.34. The van der Waals surface area contributed by atoms with E-state index in [4.69, 9.17) is 0 Å². The number of carbonyl (C=O) groups excluding carboxylic acids is 2. The van der Waals surface area contributed by atoms with Gasteiger partial charge < -0.3 is 19.7 Å². The van der Waals surface area contributed by atoms with Gasteiger partial charge in [-0.15, -0.1) is 0 Å². The Morgan fingerprint density at radius 3 is 2.20 bits per heavy atom. The molecule has 0 saturated carbocycles. The average molecular weight is 276 g/mol. The van der Waals surface area contributed by atoms with Gasteiger partial charge in [0.15, 0.2) is 0 Å². The van der Waals surface area contributed by atoms with Gasteiger partial charge in [0.25, 0.3) is 5.91 Å². The molecule has 0 spiro atoms. The Morgan fingerprint density at radius 2 is 1.70 bits per heavy atom. The van der Waals surface area contributed by atoms with E-state index in [-0.39, 0.29) is 17.0 Å². The van der Waals surface area contributed by atoms with Crippen molar-refractivity contribution in [2.24, 2.45) is 0 Å². The molecule has 2 rings (SSSR count). The Hall–Kier alpha value is -1.88. The third-order valence-electron chi connectivity index (χ3n) is 3.89. The first-order valence-corrected chi connectivity index (χ1v) is 6.95. The van der Waals surface area contributed by atoms with Crippen LogP contribution in [0.4, 0.5) is 0 Å². The van der Waals surface area contributed by atoms with Gasteiger partial charge in [0.1, 0.15) is 0 Å². The molecule has 1 N–H and O–H groups in total. The fourth-order valence-corrected chi connectivity index (χ4v) is 2.59. The van der Waals surface area contributed by atoms with Gasteiger partial charge in [0.05, 0.1) is 38.2 Å². The number of carboxylic acid groups (broad SMARTS) is 1. The summed E-state index contributed by atoms with van der Waals surface area (Å²) >= 11 is 0. The minimum Gasteiger partial charge on any atom is -0.545 e. The SMILES string of the molecule is CC(C)[NH+]1CCN(C(=O)c2ccccc2C(=O)[O-])CC1. The monoisotopic (exact) mass is 276 g/mol. The number of rotatable bonds is 3. The molecule has 20 heavy (non-hydrogen) atoms. The molecule has 0 atom stereocenters. The first-order valence-electron chi connectivity index (χ1n) is 6.95. The lowest BCUT2D eigenvalue weighted by molar-refractivity contribution is -0.925. The highest BCUT2D eigenvalue weighted by Crippen LogP contribution is 2.11. The predicted octanol–water partition coefficient (Wildman–Crippen LogP) is -1.20. The van der Waals surface area contributed by atoms with E-state index in [1.54, 1.807) is 23.1 Å². The summed E-state index contributed by atoms with van der Waals surface area (Å²) in [4.78, 5) is 26.7. The average Bonchev–Trinajstić information content (AvgIpc) is 2.46. The van der Waals surface area contributed by atoms with E-state index in [1.165, 1.54) is 11.0 Å². The predicted molar refractivity (Wildman–Crippen MR) is 72.5 cm³/mol. The van der Waals surface area contributed by atoms with Gasteiger partial charge in [0, 0.05) is 11.1 Å². The molecule has 108 valence electrons. The van der Waals surface area contributed by atoms with Crippen LogP contribution < -0.4 is 10.0 Å². The van der Waals surface area contributed by atoms with Crippen LogP contribution in [0.15, 0.2) is 24.3 Å². The lowest BCUT2D eigenvalue weighted by atomic mass is 10.1. The van der Waals surface area contributed by atoms with Crippen molar-refractivity contribution in [3.05, 3.63) is 35.4 Å². The zero-order valence-electron chi connectivity index (χ0n) is 11.9. The number of hydrogen-bond donors (Lipinski definition) is 1. The van der Waals surface area contributed by atoms with Gasteiger partial charge in [-0.05, 0) is 19.9 Å². The van der Waals surface area contributed by atoms with E-state index in [9.17, 15) is 14.7 Å². The van der Waals surface area contributed by atoms with Crippen LogP contribution in [-0.4, -0.2) is 49.0 Å². The van der Waals surface area contributed by atoms with Gasteiger partial charge in [-0.3, -0.25) is 4.79 Å². The fourth-order valence-electron chi connectivity index (χ4n) is 2.59. The van der Waals surface area contributed by atoms with Gasteiger partial charge in [0.2, 0.25) is 0 Å². The van der Waals surface area contributed by atoms with Crippen molar-refractivity contribution < 1.29 is 19.6 Å². The normalized spacial score (nSPS) is 16.4. The molecular weight excluding hydrogens is 256 g/mol. The Labute approximate surface area is 118 Å². The molecule has 1 amide bonds. The zero-order valence-corrected chi connectivity index (χ0v) is 11.9. The maximum atomic E-state index is 12.4. The highest BCUT2D eigenvalue weighted by Gasteiger charge is 2.26. The Kier molecular flexibility index (Phi) is 4.39. The molecule has 0 bridgehead atoms. The van der Waals surface area contributed by atoms with Gasteiger partial charge in [-0.2, -0.15) is 0 Å². The first kappa shape index (κ1) is 14.5. The smallest absolute Gasteiger partial charge is 0.254 e. The van der Waals surface area contributed by atoms with Crippen molar-refractivity contribution in [3.63, 3.8) is 0 Å². The second-order valence-corrected chi connectivity index (χ2v) is 5.44. The summed E-state index contributed by atoms with van der Waals surface area (Å²) in [5.41, 5.74) is 0.191. The lowest BCUT2D eigenvalue weighted by Crippen LogP contribution is -3.17. The minimum atomic E-state index is -1.31. The summed E-state index contributed by atoms with van der Waals surface area (Å²) in [5, 5.41) is 11.1. The van der Waals surface area contributed by atoms with E-state index in [0.29, 0.717) is 19.1 Å². The Morgan fingerprint density at radius 1 is 1.15 bits per heavy atom. The van der Waals surface area contributed by atoms with Crippen LogP contribution in [-0.2, 0) is 0 Å². The molecule has 0 aliphatic carbocycles. The summed E-state index contributed by atoms with van der Waals surface area (Å²) in [6.07, 6.45) is 0. The minimum absolute atomic E-state index is 0.0314. The summed E-state index contributed by atoms with van der Waals surface area (Å²) in [5.74, 6) is -1.52. The van der Waals surface area contributed by atoms with Crippen molar-refractivity contribution in [1.82, 2.24) is 4.90 Å². The first-order chi connectivity index (χ1) is 9.50. The summed E-state index contributed by atoms with van der Waals surface area (Å²) in [6, 6.07) is 6.79. The fraction of sp³-hybridized carbons (Fsp3) is 0.467. The number of amides is 1. The molecule has 1 saturated heterocycles. The highest BCUT2D eigenvalue weighted by atomic mass is 16.4. The van der Waals surface area contributed by atoms with Crippen LogP contribution in [0, 0.1) is 0 Å². The number of carboxylic acids is 1. The number of nitrogens with one attached hydrogen (secondary N) is 1. The number of piperazine rings is 1. The second-order valence-electron chi connectivity index (χ2n) is 5.44. The second kappa shape index (κ2) is 6.05. The largest absolute Gasteiger partial charge is 0.545 e. The van der Waals surface area contributed by atoms with Gasteiger partial charge >= 0.3 is 0 Å². The molecule has 0 aromatic heterocycles. The third kappa shape index (κ3) is 2.99. The van der Waals surface area contributed by atoms with E-state index in [0.717, 1.165) is 13.1 Å². The van der Waals surface area contributed by atoms with E-state index in [2.05, 4.69) is 13.8 Å². The maximum absolute atomic E-state index is 12.4. The number of nitrogens with zero attached hydrogens (tertiary/aromatic N) is 1. The van der Waals surface area contributed by atoms with Gasteiger partial charge in [-0.1, -0.05) is 18.2 Å². The quantitative estimate of drug-likeness (QED) is 0.754. The molecule has 5 heteroatoms. The van der Waals surface area contributed by atoms with E-state index < -0.39 is 5.97 Å². The van der Waals surface area contributed by atoms with Gasteiger partial charge in [-0.25, -0.2) is 0 Å². The van der Waals surface area contributed by atoms with Crippen LogP contribution in [0.5, 0.6) is 0 Å². The Bertz CT molecular complexity index is 506. The zero-order chi connectivity index (χ0) is 14.7. The van der Waals surface area contributed by atoms with Crippen LogP contribution in [0.3, 0.4) is 0 Å². The van der Waals surface area contributed by atoms with Crippen molar-refractivity contribution >= 4 is 11.9 Å². The molecule has 1 fully saturated rings. The molecule has 5 nitrogen and oxygen atoms in total. The summed E-state index contributed by atoms with van der Waals surface area (Å²) < 4.78 is 0. The van der Waals surface area contributed by atoms with Crippen LogP contribution in [0.2, 0.25) is 0 Å². The van der Waals surface area contributed by atoms with E-state index >= 15 is 0 Å². The van der Waals surface area contributed by atoms with Crippen molar-refractivity contribution in [2.75, 3.05) is 26.2 Å². The molecule has 1 aromatic rings. The van der Waals surface area contributed by atoms with Crippen LogP contribution in [0.25, 0.3) is 0 Å². The topological polar surface area (TPSA) is 64.9 Å². The standard InChI is InChI=1S/C15H20N2O3/c1-11(2)16-7-9-17(10-8-16)14(18)12-5-3-4-6-13(12)15(19)20/h3-6,11H,7-10H2,1-2H3,(H,19,20). The number of benzene rings is 1. The molecule has 1 aromatic carbocycles. The molecular formula is C15H20N2O3. The molecule has 1 aliphatic heterocycles. The molecule has 0 unspecified atom stereocenters. The summed E-state index contributed by atoms with van der Waals surface area (Å²) in [7, 11) is 0. The van der Waals surface area contributed by atoms with Crippen molar-refractivity contribution in [3.8, 4) is 0 Å². The van der Waals surface area contributed by atoms with Crippen molar-refractivity contribution in [2.45, 2.75) is 19.9 Å². The van der Waals surface area contributed by atoms with E-state index in [1.807, 2.05) is 0 Å². The third-order valence-corrected chi connectivity index (χ3v) is 3.89. The maximum Gasteiger partial charge on any atom is 0.254 e. The number of carbonyl (C=O) groups is 2. The highest BCUT2D eigenvalue weighted by molar-refractivity contribution is 6.04.